The monoisotopic (exact) mass is 351 g/mol. The first-order valence-electron chi connectivity index (χ1n) is 8.38. The van der Waals surface area contributed by atoms with Crippen LogP contribution in [-0.4, -0.2) is 29.0 Å². The van der Waals surface area contributed by atoms with E-state index in [9.17, 15) is 0 Å². The zero-order chi connectivity index (χ0) is 17.6. The number of rotatable bonds is 3. The summed E-state index contributed by atoms with van der Waals surface area (Å²) in [4.78, 5) is 17.5. The maximum absolute atomic E-state index is 4.79. The second-order valence-electron chi connectivity index (χ2n) is 6.73. The Morgan fingerprint density at radius 2 is 1.76 bits per heavy atom. The summed E-state index contributed by atoms with van der Waals surface area (Å²) in [6.45, 7) is 4.19. The zero-order valence-electron chi connectivity index (χ0n) is 14.9. The average Bonchev–Trinajstić information content (AvgIpc) is 2.99. The third kappa shape index (κ3) is 3.09. The standard InChI is InChI=1S/C19H21N5S/c1-11-7-12(2)9-14(8-11)21-18-20-10-13-5-6-15-17(16(13)22-18)23-19(25-15)24(3)4/h7-10H,5-6H2,1-4H3,(H,20,21,22). The van der Waals surface area contributed by atoms with Crippen molar-refractivity contribution in [3.63, 3.8) is 0 Å². The highest BCUT2D eigenvalue weighted by Gasteiger charge is 2.23. The molecule has 0 amide bonds. The van der Waals surface area contributed by atoms with Crippen molar-refractivity contribution in [1.82, 2.24) is 15.0 Å². The summed E-state index contributed by atoms with van der Waals surface area (Å²) in [5.41, 5.74) is 6.61. The molecule has 128 valence electrons. The molecule has 4 rings (SSSR count). The number of aryl methyl sites for hydroxylation is 4. The molecule has 2 aromatic heterocycles. The number of benzene rings is 1. The third-order valence-corrected chi connectivity index (χ3v) is 5.54. The fraction of sp³-hybridized carbons (Fsp3) is 0.316. The van der Waals surface area contributed by atoms with E-state index in [1.54, 1.807) is 11.3 Å². The van der Waals surface area contributed by atoms with Gasteiger partial charge >= 0.3 is 0 Å². The maximum atomic E-state index is 4.79. The second-order valence-corrected chi connectivity index (χ2v) is 7.79. The molecule has 0 saturated heterocycles. The molecule has 2 heterocycles. The smallest absolute Gasteiger partial charge is 0.227 e. The summed E-state index contributed by atoms with van der Waals surface area (Å²) >= 11 is 1.75. The summed E-state index contributed by atoms with van der Waals surface area (Å²) < 4.78 is 0. The van der Waals surface area contributed by atoms with Gasteiger partial charge < -0.3 is 10.2 Å². The van der Waals surface area contributed by atoms with Crippen LogP contribution in [0.3, 0.4) is 0 Å². The van der Waals surface area contributed by atoms with Crippen molar-refractivity contribution >= 4 is 28.1 Å². The summed E-state index contributed by atoms with van der Waals surface area (Å²) in [7, 11) is 4.05. The molecule has 0 bridgehead atoms. The number of hydrogen-bond donors (Lipinski definition) is 1. The SMILES string of the molecule is Cc1cc(C)cc(Nc2ncc3c(n2)-c2nc(N(C)C)sc2CC3)c1. The minimum absolute atomic E-state index is 0.621. The van der Waals surface area contributed by atoms with Crippen LogP contribution < -0.4 is 10.2 Å². The van der Waals surface area contributed by atoms with Crippen molar-refractivity contribution < 1.29 is 0 Å². The summed E-state index contributed by atoms with van der Waals surface area (Å²) in [6.07, 6.45) is 3.92. The molecule has 0 unspecified atom stereocenters. The highest BCUT2D eigenvalue weighted by molar-refractivity contribution is 7.16. The van der Waals surface area contributed by atoms with Gasteiger partial charge in [-0.05, 0) is 55.5 Å². The predicted octanol–water partition coefficient (Wildman–Crippen LogP) is 4.13. The van der Waals surface area contributed by atoms with Crippen LogP contribution in [0.1, 0.15) is 21.6 Å². The molecule has 1 aliphatic carbocycles. The van der Waals surface area contributed by atoms with Gasteiger partial charge in [-0.2, -0.15) is 0 Å². The number of aromatic nitrogens is 3. The van der Waals surface area contributed by atoms with Crippen LogP contribution in [0.5, 0.6) is 0 Å². The quantitative estimate of drug-likeness (QED) is 0.769. The molecular weight excluding hydrogens is 330 g/mol. The van der Waals surface area contributed by atoms with Crippen LogP contribution in [0.4, 0.5) is 16.8 Å². The number of hydrogen-bond acceptors (Lipinski definition) is 6. The Labute approximate surface area is 151 Å². The van der Waals surface area contributed by atoms with Gasteiger partial charge in [0.15, 0.2) is 5.13 Å². The Kier molecular flexibility index (Phi) is 3.92. The molecule has 0 atom stereocenters. The Morgan fingerprint density at radius 1 is 1.00 bits per heavy atom. The van der Waals surface area contributed by atoms with Crippen molar-refractivity contribution in [2.24, 2.45) is 0 Å². The first-order valence-corrected chi connectivity index (χ1v) is 9.20. The van der Waals surface area contributed by atoms with E-state index < -0.39 is 0 Å². The highest BCUT2D eigenvalue weighted by Crippen LogP contribution is 2.38. The van der Waals surface area contributed by atoms with Crippen LogP contribution in [0.2, 0.25) is 0 Å². The Balaban J connectivity index is 1.71. The lowest BCUT2D eigenvalue weighted by atomic mass is 10.00. The molecule has 1 N–H and O–H groups in total. The molecule has 0 saturated carbocycles. The van der Waals surface area contributed by atoms with Gasteiger partial charge in [0, 0.05) is 30.9 Å². The normalized spacial score (nSPS) is 12.5. The first kappa shape index (κ1) is 16.0. The zero-order valence-corrected chi connectivity index (χ0v) is 15.7. The number of thiazole rings is 1. The fourth-order valence-corrected chi connectivity index (χ4v) is 4.15. The Hall–Kier alpha value is -2.47. The minimum atomic E-state index is 0.621. The summed E-state index contributed by atoms with van der Waals surface area (Å²) in [5, 5.41) is 4.37. The van der Waals surface area contributed by atoms with Crippen molar-refractivity contribution in [2.75, 3.05) is 24.3 Å². The molecule has 0 spiro atoms. The van der Waals surface area contributed by atoms with E-state index in [0.29, 0.717) is 5.95 Å². The largest absolute Gasteiger partial charge is 0.354 e. The lowest BCUT2D eigenvalue weighted by Gasteiger charge is -2.15. The average molecular weight is 351 g/mol. The van der Waals surface area contributed by atoms with Gasteiger partial charge in [-0.3, -0.25) is 0 Å². The lowest BCUT2D eigenvalue weighted by molar-refractivity contribution is 0.921. The first-order chi connectivity index (χ1) is 12.0. The van der Waals surface area contributed by atoms with Crippen LogP contribution in [0.15, 0.2) is 24.4 Å². The topological polar surface area (TPSA) is 53.9 Å². The van der Waals surface area contributed by atoms with Gasteiger partial charge in [0.25, 0.3) is 0 Å². The molecule has 0 radical (unpaired) electrons. The Bertz CT molecular complexity index is 925. The van der Waals surface area contributed by atoms with Crippen molar-refractivity contribution in [1.29, 1.82) is 0 Å². The molecule has 0 fully saturated rings. The van der Waals surface area contributed by atoms with E-state index >= 15 is 0 Å². The summed E-state index contributed by atoms with van der Waals surface area (Å²) in [6, 6.07) is 6.37. The van der Waals surface area contributed by atoms with Crippen LogP contribution in [-0.2, 0) is 12.8 Å². The van der Waals surface area contributed by atoms with Crippen LogP contribution >= 0.6 is 11.3 Å². The Morgan fingerprint density at radius 3 is 2.48 bits per heavy atom. The fourth-order valence-electron chi connectivity index (χ4n) is 3.16. The van der Waals surface area contributed by atoms with E-state index in [0.717, 1.165) is 35.0 Å². The maximum Gasteiger partial charge on any atom is 0.227 e. The number of nitrogens with zero attached hydrogens (tertiary/aromatic N) is 4. The van der Waals surface area contributed by atoms with E-state index in [1.807, 2.05) is 20.3 Å². The molecule has 3 aromatic rings. The summed E-state index contributed by atoms with van der Waals surface area (Å²) in [5.74, 6) is 0.621. The molecular formula is C19H21N5S. The van der Waals surface area contributed by atoms with E-state index in [4.69, 9.17) is 9.97 Å². The molecule has 6 heteroatoms. The van der Waals surface area contributed by atoms with E-state index in [2.05, 4.69) is 47.2 Å². The molecule has 25 heavy (non-hydrogen) atoms. The van der Waals surface area contributed by atoms with Crippen molar-refractivity contribution in [3.8, 4) is 11.4 Å². The molecule has 5 nitrogen and oxygen atoms in total. The van der Waals surface area contributed by atoms with Gasteiger partial charge in [-0.15, -0.1) is 11.3 Å². The lowest BCUT2D eigenvalue weighted by Crippen LogP contribution is -2.09. The number of fused-ring (bicyclic) bond motifs is 3. The molecule has 1 aromatic carbocycles. The van der Waals surface area contributed by atoms with Crippen LogP contribution in [0, 0.1) is 13.8 Å². The van der Waals surface area contributed by atoms with Gasteiger partial charge in [-0.25, -0.2) is 15.0 Å². The van der Waals surface area contributed by atoms with Gasteiger partial charge in [0.1, 0.15) is 5.69 Å². The minimum Gasteiger partial charge on any atom is -0.354 e. The van der Waals surface area contributed by atoms with Gasteiger partial charge in [0.2, 0.25) is 5.95 Å². The number of nitrogens with one attached hydrogen (secondary N) is 1. The highest BCUT2D eigenvalue weighted by atomic mass is 32.1. The van der Waals surface area contributed by atoms with Gasteiger partial charge in [-0.1, -0.05) is 6.07 Å². The van der Waals surface area contributed by atoms with Gasteiger partial charge in [0.05, 0.1) is 5.69 Å². The molecule has 0 aliphatic heterocycles. The van der Waals surface area contributed by atoms with E-state index in [1.165, 1.54) is 21.6 Å². The predicted molar refractivity (Wildman–Crippen MR) is 104 cm³/mol. The van der Waals surface area contributed by atoms with Crippen molar-refractivity contribution in [3.05, 3.63) is 46.0 Å². The van der Waals surface area contributed by atoms with Crippen LogP contribution in [0.25, 0.3) is 11.4 Å². The van der Waals surface area contributed by atoms with E-state index in [-0.39, 0.29) is 0 Å². The second kappa shape index (κ2) is 6.11. The molecule has 1 aliphatic rings. The third-order valence-electron chi connectivity index (χ3n) is 4.26. The van der Waals surface area contributed by atoms with Crippen molar-refractivity contribution in [2.45, 2.75) is 26.7 Å². The number of anilines is 3.